The van der Waals surface area contributed by atoms with Gasteiger partial charge in [0.25, 0.3) is 0 Å². The Kier molecular flexibility index (Phi) is 7.26. The molecule has 7 heteroatoms. The fourth-order valence-electron chi connectivity index (χ4n) is 11.9. The maximum Gasteiger partial charge on any atom is 0.171 e. The van der Waals surface area contributed by atoms with Gasteiger partial charge < -0.3 is 25.2 Å². The van der Waals surface area contributed by atoms with E-state index in [1.807, 2.05) is 0 Å². The fourth-order valence-corrected chi connectivity index (χ4v) is 11.9. The molecule has 0 amide bonds. The number of ketones is 2. The zero-order valence-electron chi connectivity index (χ0n) is 25.6. The molecule has 0 aromatic rings. The first kappa shape index (κ1) is 29.9. The molecule has 0 aromatic carbocycles. The van der Waals surface area contributed by atoms with Crippen molar-refractivity contribution >= 4 is 11.6 Å². The maximum absolute atomic E-state index is 14.5. The Labute approximate surface area is 245 Å². The summed E-state index contributed by atoms with van der Waals surface area (Å²) in [4.78, 5) is 27.5. The molecule has 0 radical (unpaired) electrons. The molecule has 0 bridgehead atoms. The van der Waals surface area contributed by atoms with Gasteiger partial charge in [0.2, 0.25) is 0 Å². The van der Waals surface area contributed by atoms with Gasteiger partial charge in [0.1, 0.15) is 36.3 Å². The summed E-state index contributed by atoms with van der Waals surface area (Å²) in [6.07, 6.45) is 4.74. The van der Waals surface area contributed by atoms with Crippen LogP contribution in [0.4, 0.5) is 0 Å². The monoisotopic (exact) mass is 572 g/mol. The van der Waals surface area contributed by atoms with Crippen LogP contribution in [0, 0.1) is 51.2 Å². The normalized spacial score (nSPS) is 52.8. The lowest BCUT2D eigenvalue weighted by Crippen LogP contribution is -2.65. The van der Waals surface area contributed by atoms with E-state index in [4.69, 9.17) is 4.74 Å². The average molecular weight is 573 g/mol. The molecular formula is C34H52O7. The number of aliphatic hydroxyl groups is 4. The lowest BCUT2D eigenvalue weighted by Gasteiger charge is -2.67. The van der Waals surface area contributed by atoms with Crippen LogP contribution in [0.2, 0.25) is 0 Å². The topological polar surface area (TPSA) is 124 Å². The molecule has 6 aliphatic rings. The third-order valence-corrected chi connectivity index (χ3v) is 14.0. The number of fused-ring (bicyclic) bond motifs is 7. The van der Waals surface area contributed by atoms with Crippen molar-refractivity contribution in [3.63, 3.8) is 0 Å². The minimum Gasteiger partial charge on any atom is -0.394 e. The lowest BCUT2D eigenvalue weighted by molar-refractivity contribution is -0.232. The zero-order chi connectivity index (χ0) is 29.7. The number of carbonyl (C=O) groups is 2. The Balaban J connectivity index is 1.36. The first-order chi connectivity index (χ1) is 19.2. The van der Waals surface area contributed by atoms with Crippen LogP contribution in [-0.2, 0) is 14.3 Å². The van der Waals surface area contributed by atoms with Crippen molar-refractivity contribution in [2.24, 2.45) is 51.2 Å². The second kappa shape index (κ2) is 9.95. The third kappa shape index (κ3) is 4.01. The summed E-state index contributed by atoms with van der Waals surface area (Å²) in [6.45, 7) is 11.0. The SMILES string of the molecule is C[C@H]1CCC[C@]2(C(=O)[C@@H]3OC(CO)[C@@H](O)C(O)C3O)CCC3C(=CCC4[C@@]3(C)CCC3C(C)(C)C(=O)CC[C@@]34C)C12. The van der Waals surface area contributed by atoms with Gasteiger partial charge in [0, 0.05) is 17.3 Å². The molecule has 7 nitrogen and oxygen atoms in total. The van der Waals surface area contributed by atoms with E-state index in [0.717, 1.165) is 57.8 Å². The average Bonchev–Trinajstić information content (AvgIpc) is 2.93. The van der Waals surface area contributed by atoms with Gasteiger partial charge in [-0.05, 0) is 85.4 Å². The molecule has 1 saturated heterocycles. The molecule has 13 atom stereocenters. The molecule has 1 aliphatic heterocycles. The third-order valence-electron chi connectivity index (χ3n) is 14.0. The molecule has 5 fully saturated rings. The number of carbonyl (C=O) groups excluding carboxylic acids is 2. The first-order valence-electron chi connectivity index (χ1n) is 16.3. The number of Topliss-reactive ketones (excluding diaryl/α,β-unsaturated/α-hetero) is 2. The maximum atomic E-state index is 14.5. The van der Waals surface area contributed by atoms with Gasteiger partial charge in [-0.3, -0.25) is 9.59 Å². The predicted octanol–water partition coefficient (Wildman–Crippen LogP) is 3.99. The van der Waals surface area contributed by atoms with E-state index in [2.05, 4.69) is 40.7 Å². The van der Waals surface area contributed by atoms with Crippen molar-refractivity contribution in [2.75, 3.05) is 6.61 Å². The Morgan fingerprint density at radius 3 is 2.37 bits per heavy atom. The Hall–Kier alpha value is -1.12. The molecular weight excluding hydrogens is 520 g/mol. The van der Waals surface area contributed by atoms with E-state index in [1.165, 1.54) is 5.57 Å². The second-order valence-corrected chi connectivity index (χ2v) is 15.9. The molecule has 230 valence electrons. The largest absolute Gasteiger partial charge is 0.394 e. The van der Waals surface area contributed by atoms with E-state index < -0.39 is 42.5 Å². The van der Waals surface area contributed by atoms with Gasteiger partial charge >= 0.3 is 0 Å². The molecule has 5 aliphatic carbocycles. The predicted molar refractivity (Wildman–Crippen MR) is 154 cm³/mol. The van der Waals surface area contributed by atoms with E-state index in [1.54, 1.807) is 0 Å². The molecule has 4 saturated carbocycles. The molecule has 7 unspecified atom stereocenters. The zero-order valence-corrected chi connectivity index (χ0v) is 25.6. The highest BCUT2D eigenvalue weighted by molar-refractivity contribution is 5.91. The summed E-state index contributed by atoms with van der Waals surface area (Å²) >= 11 is 0. The summed E-state index contributed by atoms with van der Waals surface area (Å²) in [7, 11) is 0. The van der Waals surface area contributed by atoms with Crippen molar-refractivity contribution in [1.29, 1.82) is 0 Å². The summed E-state index contributed by atoms with van der Waals surface area (Å²) < 4.78 is 5.86. The van der Waals surface area contributed by atoms with Gasteiger partial charge in [-0.25, -0.2) is 0 Å². The Bertz CT molecular complexity index is 1110. The van der Waals surface area contributed by atoms with Crippen LogP contribution in [0.1, 0.15) is 98.8 Å². The number of hydrogen-bond acceptors (Lipinski definition) is 7. The van der Waals surface area contributed by atoms with Crippen molar-refractivity contribution in [1.82, 2.24) is 0 Å². The van der Waals surface area contributed by atoms with Gasteiger partial charge in [-0.2, -0.15) is 0 Å². The highest BCUT2D eigenvalue weighted by Crippen LogP contribution is 2.71. The van der Waals surface area contributed by atoms with Crippen LogP contribution in [-0.4, -0.2) is 69.1 Å². The van der Waals surface area contributed by atoms with Gasteiger partial charge in [-0.1, -0.05) is 59.1 Å². The fraction of sp³-hybridized carbons (Fsp3) is 0.882. The van der Waals surface area contributed by atoms with Gasteiger partial charge in [-0.15, -0.1) is 0 Å². The Morgan fingerprint density at radius 2 is 1.66 bits per heavy atom. The van der Waals surface area contributed by atoms with E-state index >= 15 is 0 Å². The molecule has 0 aromatic heterocycles. The van der Waals surface area contributed by atoms with Crippen LogP contribution in [0.25, 0.3) is 0 Å². The van der Waals surface area contributed by atoms with Crippen LogP contribution in [0.5, 0.6) is 0 Å². The highest BCUT2D eigenvalue weighted by atomic mass is 16.5. The quantitative estimate of drug-likeness (QED) is 0.377. The minimum atomic E-state index is -1.54. The van der Waals surface area contributed by atoms with E-state index in [9.17, 15) is 30.0 Å². The summed E-state index contributed by atoms with van der Waals surface area (Å²) in [5, 5.41) is 41.6. The molecule has 41 heavy (non-hydrogen) atoms. The number of ether oxygens (including phenoxy) is 1. The van der Waals surface area contributed by atoms with Crippen molar-refractivity contribution in [3.05, 3.63) is 11.6 Å². The summed E-state index contributed by atoms with van der Waals surface area (Å²) in [5.74, 6) is 1.91. The van der Waals surface area contributed by atoms with Gasteiger partial charge in [0.15, 0.2) is 5.78 Å². The molecule has 0 spiro atoms. The highest BCUT2D eigenvalue weighted by Gasteiger charge is 2.66. The number of allylic oxidation sites excluding steroid dienone is 2. The Morgan fingerprint density at radius 1 is 0.927 bits per heavy atom. The first-order valence-corrected chi connectivity index (χ1v) is 16.3. The van der Waals surface area contributed by atoms with Crippen molar-refractivity contribution in [3.8, 4) is 0 Å². The number of aliphatic hydroxyl groups excluding tert-OH is 4. The van der Waals surface area contributed by atoms with Crippen molar-refractivity contribution in [2.45, 2.75) is 129 Å². The summed E-state index contributed by atoms with van der Waals surface area (Å²) in [5.41, 5.74) is 0.688. The smallest absolute Gasteiger partial charge is 0.171 e. The van der Waals surface area contributed by atoms with E-state index in [0.29, 0.717) is 35.9 Å². The standard InChI is InChI=1S/C34H52O7/c1-18-7-6-13-34(30(40)29-28(39)27(38)26(37)21(17-35)41-29)16-10-20-19(25(18)34)8-9-23-32(20,4)14-11-22-31(2,3)24(36)12-15-33(22,23)5/h8,18,20-23,25-29,35,37-39H,6-7,9-17H2,1-5H3/t18-,20?,21?,22?,23?,25?,26+,27?,28?,29+,32-,33-,34-/m0/s1. The summed E-state index contributed by atoms with van der Waals surface area (Å²) in [6, 6.07) is 0. The van der Waals surface area contributed by atoms with E-state index in [-0.39, 0.29) is 27.9 Å². The van der Waals surface area contributed by atoms with Gasteiger partial charge in [0.05, 0.1) is 6.61 Å². The minimum absolute atomic E-state index is 0.0579. The molecule has 6 rings (SSSR count). The lowest BCUT2D eigenvalue weighted by atomic mass is 9.37. The van der Waals surface area contributed by atoms with Crippen LogP contribution in [0.15, 0.2) is 11.6 Å². The van der Waals surface area contributed by atoms with Crippen molar-refractivity contribution < 1.29 is 34.8 Å². The van der Waals surface area contributed by atoms with Crippen LogP contribution >= 0.6 is 0 Å². The van der Waals surface area contributed by atoms with Crippen LogP contribution in [0.3, 0.4) is 0 Å². The number of rotatable bonds is 3. The number of hydrogen-bond donors (Lipinski definition) is 4. The van der Waals surface area contributed by atoms with Crippen LogP contribution < -0.4 is 0 Å². The molecule has 4 N–H and O–H groups in total. The second-order valence-electron chi connectivity index (χ2n) is 15.9. The molecule has 1 heterocycles.